The Bertz CT molecular complexity index is 384. The Morgan fingerprint density at radius 1 is 1.21 bits per heavy atom. The third-order valence-corrected chi connectivity index (χ3v) is 4.96. The summed E-state index contributed by atoms with van der Waals surface area (Å²) in [5.74, 6) is 0.916. The minimum atomic E-state index is -0.560. The van der Waals surface area contributed by atoms with Crippen LogP contribution in [0.15, 0.2) is 0 Å². The maximum absolute atomic E-state index is 12.9. The van der Waals surface area contributed by atoms with Crippen LogP contribution in [0.1, 0.15) is 58.3 Å². The summed E-state index contributed by atoms with van der Waals surface area (Å²) in [5.41, 5.74) is -0.560. The highest BCUT2D eigenvalue weighted by molar-refractivity contribution is 5.99. The fraction of sp³-hybridized carbons (Fsp3) is 0.867. The average Bonchev–Trinajstić information content (AvgIpc) is 3.21. The predicted molar refractivity (Wildman–Crippen MR) is 72.5 cm³/mol. The van der Waals surface area contributed by atoms with E-state index in [4.69, 9.17) is 0 Å². The molecule has 1 heterocycles. The lowest BCUT2D eigenvalue weighted by Crippen LogP contribution is -2.70. The highest BCUT2D eigenvalue weighted by atomic mass is 16.2. The number of carbonyl (C=O) groups is 2. The van der Waals surface area contributed by atoms with Gasteiger partial charge in [0.2, 0.25) is 11.8 Å². The van der Waals surface area contributed by atoms with Crippen molar-refractivity contribution in [3.05, 3.63) is 0 Å². The van der Waals surface area contributed by atoms with Gasteiger partial charge in [-0.25, -0.2) is 0 Å². The lowest BCUT2D eigenvalue weighted by atomic mass is 9.78. The number of carbonyl (C=O) groups excluding carboxylic acids is 2. The van der Waals surface area contributed by atoms with E-state index < -0.39 is 5.54 Å². The molecule has 3 rings (SSSR count). The molecule has 1 unspecified atom stereocenters. The second kappa shape index (κ2) is 4.80. The summed E-state index contributed by atoms with van der Waals surface area (Å²) in [6.45, 7) is 2.79. The monoisotopic (exact) mass is 264 g/mol. The van der Waals surface area contributed by atoms with Crippen molar-refractivity contribution in [2.45, 2.75) is 69.9 Å². The van der Waals surface area contributed by atoms with Gasteiger partial charge in [0.05, 0.1) is 0 Å². The lowest BCUT2D eigenvalue weighted by Gasteiger charge is -2.47. The lowest BCUT2D eigenvalue weighted by molar-refractivity contribution is -0.157. The molecule has 2 saturated carbocycles. The SMILES string of the molecule is CCC1C(=O)NC2(CCCCC2)C(=O)N1CC1CC1. The van der Waals surface area contributed by atoms with Crippen LogP contribution in [0.5, 0.6) is 0 Å². The van der Waals surface area contributed by atoms with E-state index in [1.165, 1.54) is 19.3 Å². The number of nitrogens with one attached hydrogen (secondary N) is 1. The molecule has 0 radical (unpaired) electrons. The van der Waals surface area contributed by atoms with Crippen LogP contribution in [0.4, 0.5) is 0 Å². The molecule has 3 fully saturated rings. The Morgan fingerprint density at radius 2 is 1.89 bits per heavy atom. The molecule has 0 aromatic heterocycles. The van der Waals surface area contributed by atoms with E-state index in [9.17, 15) is 9.59 Å². The minimum Gasteiger partial charge on any atom is -0.340 e. The molecule has 1 aliphatic heterocycles. The van der Waals surface area contributed by atoms with Crippen LogP contribution in [0, 0.1) is 5.92 Å². The van der Waals surface area contributed by atoms with E-state index >= 15 is 0 Å². The van der Waals surface area contributed by atoms with Gasteiger partial charge >= 0.3 is 0 Å². The second-order valence-electron chi connectivity index (χ2n) is 6.46. The van der Waals surface area contributed by atoms with Crippen LogP contribution >= 0.6 is 0 Å². The van der Waals surface area contributed by atoms with Crippen molar-refractivity contribution in [3.8, 4) is 0 Å². The Hall–Kier alpha value is -1.06. The van der Waals surface area contributed by atoms with Crippen LogP contribution in [-0.2, 0) is 9.59 Å². The van der Waals surface area contributed by atoms with Gasteiger partial charge in [-0.2, -0.15) is 0 Å². The molecular weight excluding hydrogens is 240 g/mol. The number of nitrogens with zero attached hydrogens (tertiary/aromatic N) is 1. The first-order valence-corrected chi connectivity index (χ1v) is 7.79. The zero-order valence-electron chi connectivity index (χ0n) is 11.8. The first-order chi connectivity index (χ1) is 9.16. The van der Waals surface area contributed by atoms with E-state index in [-0.39, 0.29) is 17.9 Å². The fourth-order valence-electron chi connectivity index (χ4n) is 3.62. The Labute approximate surface area is 114 Å². The first kappa shape index (κ1) is 12.9. The van der Waals surface area contributed by atoms with Crippen LogP contribution in [0.3, 0.4) is 0 Å². The van der Waals surface area contributed by atoms with Gasteiger partial charge in [0, 0.05) is 6.54 Å². The topological polar surface area (TPSA) is 49.4 Å². The molecular formula is C15H24N2O2. The minimum absolute atomic E-state index is 0.0738. The van der Waals surface area contributed by atoms with Gasteiger partial charge in [0.15, 0.2) is 0 Å². The van der Waals surface area contributed by atoms with Crippen molar-refractivity contribution in [3.63, 3.8) is 0 Å². The van der Waals surface area contributed by atoms with E-state index in [1.807, 2.05) is 11.8 Å². The molecule has 19 heavy (non-hydrogen) atoms. The number of rotatable bonds is 3. The molecule has 2 amide bonds. The van der Waals surface area contributed by atoms with Gasteiger partial charge in [-0.3, -0.25) is 9.59 Å². The second-order valence-corrected chi connectivity index (χ2v) is 6.46. The summed E-state index contributed by atoms with van der Waals surface area (Å²) in [5, 5.41) is 3.08. The van der Waals surface area contributed by atoms with Crippen LogP contribution in [0.25, 0.3) is 0 Å². The van der Waals surface area contributed by atoms with E-state index in [0.717, 1.165) is 38.6 Å². The maximum Gasteiger partial charge on any atom is 0.249 e. The maximum atomic E-state index is 12.9. The third-order valence-electron chi connectivity index (χ3n) is 4.96. The van der Waals surface area contributed by atoms with Crippen molar-refractivity contribution in [1.82, 2.24) is 10.2 Å². The fourth-order valence-corrected chi connectivity index (χ4v) is 3.62. The highest BCUT2D eigenvalue weighted by Gasteiger charge is 2.51. The van der Waals surface area contributed by atoms with Crippen LogP contribution < -0.4 is 5.32 Å². The zero-order chi connectivity index (χ0) is 13.5. The van der Waals surface area contributed by atoms with Gasteiger partial charge in [0.25, 0.3) is 0 Å². The molecule has 1 saturated heterocycles. The van der Waals surface area contributed by atoms with Crippen LogP contribution in [-0.4, -0.2) is 34.8 Å². The van der Waals surface area contributed by atoms with Gasteiger partial charge in [0.1, 0.15) is 11.6 Å². The summed E-state index contributed by atoms with van der Waals surface area (Å²) in [6, 6.07) is -0.236. The first-order valence-electron chi connectivity index (χ1n) is 7.79. The van der Waals surface area contributed by atoms with Crippen molar-refractivity contribution < 1.29 is 9.59 Å². The molecule has 0 aromatic rings. The molecule has 1 spiro atoms. The molecule has 0 bridgehead atoms. The molecule has 4 nitrogen and oxygen atoms in total. The van der Waals surface area contributed by atoms with Gasteiger partial charge in [-0.15, -0.1) is 0 Å². The molecule has 3 aliphatic rings. The van der Waals surface area contributed by atoms with E-state index in [1.54, 1.807) is 0 Å². The summed E-state index contributed by atoms with van der Waals surface area (Å²) in [4.78, 5) is 27.1. The number of piperazine rings is 1. The molecule has 4 heteroatoms. The highest BCUT2D eigenvalue weighted by Crippen LogP contribution is 2.37. The van der Waals surface area contributed by atoms with Crippen molar-refractivity contribution in [2.24, 2.45) is 5.92 Å². The normalized spacial score (nSPS) is 30.6. The summed E-state index contributed by atoms with van der Waals surface area (Å²) in [7, 11) is 0. The van der Waals surface area contributed by atoms with Crippen LogP contribution in [0.2, 0.25) is 0 Å². The number of hydrogen-bond donors (Lipinski definition) is 1. The van der Waals surface area contributed by atoms with Crippen molar-refractivity contribution in [2.75, 3.05) is 6.54 Å². The average molecular weight is 264 g/mol. The van der Waals surface area contributed by atoms with E-state index in [2.05, 4.69) is 5.32 Å². The zero-order valence-corrected chi connectivity index (χ0v) is 11.8. The predicted octanol–water partition coefficient (Wildman–Crippen LogP) is 1.84. The molecule has 1 atom stereocenters. The number of amides is 2. The molecule has 1 N–H and O–H groups in total. The quantitative estimate of drug-likeness (QED) is 0.845. The third kappa shape index (κ3) is 2.26. The van der Waals surface area contributed by atoms with Gasteiger partial charge in [-0.1, -0.05) is 26.2 Å². The van der Waals surface area contributed by atoms with Gasteiger partial charge in [-0.05, 0) is 38.0 Å². The Morgan fingerprint density at radius 3 is 2.47 bits per heavy atom. The standard InChI is InChI=1S/C15H24N2O2/c1-2-12-13(18)16-15(8-4-3-5-9-15)14(19)17(12)10-11-6-7-11/h11-12H,2-10H2,1H3,(H,16,18). The number of hydrogen-bond acceptors (Lipinski definition) is 2. The summed E-state index contributed by atoms with van der Waals surface area (Å²) < 4.78 is 0. The van der Waals surface area contributed by atoms with Gasteiger partial charge < -0.3 is 10.2 Å². The Balaban J connectivity index is 1.84. The molecule has 106 valence electrons. The van der Waals surface area contributed by atoms with E-state index in [0.29, 0.717) is 5.92 Å². The molecule has 0 aromatic carbocycles. The summed E-state index contributed by atoms with van der Waals surface area (Å²) in [6.07, 6.45) is 8.11. The molecule has 2 aliphatic carbocycles. The smallest absolute Gasteiger partial charge is 0.249 e. The summed E-state index contributed by atoms with van der Waals surface area (Å²) >= 11 is 0. The Kier molecular flexibility index (Phi) is 3.27. The van der Waals surface area contributed by atoms with Crippen molar-refractivity contribution >= 4 is 11.8 Å². The largest absolute Gasteiger partial charge is 0.340 e. The van der Waals surface area contributed by atoms with Crippen molar-refractivity contribution in [1.29, 1.82) is 0 Å².